The van der Waals surface area contributed by atoms with Gasteiger partial charge in [-0.25, -0.2) is 23.2 Å². The minimum absolute atomic E-state index is 0.210. The Hall–Kier alpha value is -3.09. The average Bonchev–Trinajstić information content (AvgIpc) is 3.20. The molecule has 2 aliphatic heterocycles. The fourth-order valence-corrected chi connectivity index (χ4v) is 4.62. The van der Waals surface area contributed by atoms with Crippen molar-refractivity contribution in [2.24, 2.45) is 0 Å². The summed E-state index contributed by atoms with van der Waals surface area (Å²) < 4.78 is 70.5. The highest BCUT2D eigenvalue weighted by molar-refractivity contribution is 7.90. The molecule has 0 unspecified atom stereocenters. The van der Waals surface area contributed by atoms with Gasteiger partial charge in [-0.15, -0.1) is 0 Å². The summed E-state index contributed by atoms with van der Waals surface area (Å²) in [4.78, 5) is 23.7. The predicted molar refractivity (Wildman–Crippen MR) is 115 cm³/mol. The highest BCUT2D eigenvalue weighted by atomic mass is 32.2. The number of piperidine rings is 1. The zero-order valence-electron chi connectivity index (χ0n) is 18.3. The lowest BCUT2D eigenvalue weighted by Crippen LogP contribution is -2.42. The lowest BCUT2D eigenvalue weighted by Gasteiger charge is -2.31. The molecule has 34 heavy (non-hydrogen) atoms. The molecule has 0 aliphatic carbocycles. The molecule has 1 aromatic carbocycles. The summed E-state index contributed by atoms with van der Waals surface area (Å²) in [5.41, 5.74) is 1.77. The van der Waals surface area contributed by atoms with Crippen molar-refractivity contribution in [3.05, 3.63) is 36.2 Å². The number of nitrogens with zero attached hydrogens (tertiary/aromatic N) is 4. The van der Waals surface area contributed by atoms with Crippen LogP contribution in [0.15, 0.2) is 35.5 Å². The molecule has 0 atom stereocenters. The van der Waals surface area contributed by atoms with Crippen LogP contribution in [-0.4, -0.2) is 74.2 Å². The number of aromatic nitrogens is 2. The number of amides is 1. The molecule has 13 heteroatoms. The summed E-state index contributed by atoms with van der Waals surface area (Å²) in [5.74, 6) is 0.938. The van der Waals surface area contributed by atoms with Crippen LogP contribution in [-0.2, 0) is 21.0 Å². The van der Waals surface area contributed by atoms with E-state index in [0.29, 0.717) is 37.5 Å². The van der Waals surface area contributed by atoms with Gasteiger partial charge in [-0.05, 0) is 30.2 Å². The molecule has 1 fully saturated rings. The number of hydrogen-bond donors (Lipinski definition) is 0. The number of carbonyl (C=O) groups is 1. The molecule has 1 aromatic heterocycles. The topological polar surface area (TPSA) is 102 Å². The summed E-state index contributed by atoms with van der Waals surface area (Å²) in [6.07, 6.45) is -1.77. The second-order valence-electron chi connectivity index (χ2n) is 8.15. The van der Waals surface area contributed by atoms with Crippen molar-refractivity contribution >= 4 is 27.4 Å². The Morgan fingerprint density at radius 2 is 1.88 bits per heavy atom. The number of carbonyl (C=O) groups excluding carboxylic acids is 1. The van der Waals surface area contributed by atoms with Crippen molar-refractivity contribution in [1.82, 2.24) is 14.9 Å². The van der Waals surface area contributed by atoms with Crippen LogP contribution in [0.5, 0.6) is 5.88 Å². The maximum Gasteiger partial charge on any atom is 0.422 e. The minimum atomic E-state index is -4.56. The lowest BCUT2D eigenvalue weighted by atomic mass is 10.1. The molecular formula is C21H23F3N4O5S. The molecule has 9 nitrogen and oxygen atoms in total. The van der Waals surface area contributed by atoms with Crippen LogP contribution in [0.1, 0.15) is 18.4 Å². The average molecular weight is 500 g/mol. The van der Waals surface area contributed by atoms with Crippen molar-refractivity contribution in [1.29, 1.82) is 0 Å². The van der Waals surface area contributed by atoms with E-state index in [1.165, 1.54) is 17.5 Å². The van der Waals surface area contributed by atoms with Gasteiger partial charge in [-0.2, -0.15) is 13.2 Å². The summed E-state index contributed by atoms with van der Waals surface area (Å²) in [5, 5.41) is 0. The largest absolute Gasteiger partial charge is 0.474 e. The number of ether oxygens (including phenoxy) is 2. The first-order valence-corrected chi connectivity index (χ1v) is 12.5. The smallest absolute Gasteiger partial charge is 0.422 e. The third-order valence-corrected chi connectivity index (χ3v) is 6.74. The Labute approximate surface area is 194 Å². The Balaban J connectivity index is 1.36. The number of anilines is 2. The molecular weight excluding hydrogens is 477 g/mol. The van der Waals surface area contributed by atoms with E-state index in [-0.39, 0.29) is 24.1 Å². The molecule has 2 aliphatic rings. The van der Waals surface area contributed by atoms with Gasteiger partial charge < -0.3 is 19.3 Å². The quantitative estimate of drug-likeness (QED) is 0.617. The van der Waals surface area contributed by atoms with Gasteiger partial charge in [0.25, 0.3) is 0 Å². The van der Waals surface area contributed by atoms with E-state index < -0.39 is 28.7 Å². The van der Waals surface area contributed by atoms with Crippen LogP contribution in [0.2, 0.25) is 0 Å². The van der Waals surface area contributed by atoms with Crippen LogP contribution in [0.4, 0.5) is 29.5 Å². The molecule has 0 bridgehead atoms. The van der Waals surface area contributed by atoms with Crippen molar-refractivity contribution in [3.8, 4) is 5.88 Å². The minimum Gasteiger partial charge on any atom is -0.474 e. The zero-order chi connectivity index (χ0) is 24.5. The van der Waals surface area contributed by atoms with Crippen molar-refractivity contribution < 1.29 is 35.9 Å². The Morgan fingerprint density at radius 1 is 1.15 bits per heavy atom. The van der Waals surface area contributed by atoms with E-state index in [2.05, 4.69) is 14.7 Å². The number of rotatable bonds is 5. The Kier molecular flexibility index (Phi) is 6.56. The highest BCUT2D eigenvalue weighted by Gasteiger charge is 2.32. The first kappa shape index (κ1) is 24.0. The van der Waals surface area contributed by atoms with Gasteiger partial charge in [0.05, 0.1) is 4.90 Å². The monoisotopic (exact) mass is 500 g/mol. The molecule has 0 N–H and O–H groups in total. The fourth-order valence-electron chi connectivity index (χ4n) is 3.95. The van der Waals surface area contributed by atoms with Gasteiger partial charge in [0.2, 0.25) is 5.88 Å². The summed E-state index contributed by atoms with van der Waals surface area (Å²) >= 11 is 0. The van der Waals surface area contributed by atoms with Gasteiger partial charge in [0.1, 0.15) is 18.2 Å². The third-order valence-electron chi connectivity index (χ3n) is 5.63. The number of halogens is 3. The first-order valence-electron chi connectivity index (χ1n) is 10.6. The van der Waals surface area contributed by atoms with Crippen LogP contribution >= 0.6 is 0 Å². The van der Waals surface area contributed by atoms with E-state index in [1.54, 1.807) is 24.3 Å². The number of alkyl halides is 3. The molecule has 0 saturated carbocycles. The van der Waals surface area contributed by atoms with Gasteiger partial charge in [-0.3, -0.25) is 0 Å². The molecule has 0 spiro atoms. The molecule has 1 saturated heterocycles. The third kappa shape index (κ3) is 5.69. The van der Waals surface area contributed by atoms with Crippen molar-refractivity contribution in [3.63, 3.8) is 0 Å². The number of sulfone groups is 1. The van der Waals surface area contributed by atoms with E-state index >= 15 is 0 Å². The van der Waals surface area contributed by atoms with Gasteiger partial charge in [0, 0.05) is 50.5 Å². The molecule has 3 heterocycles. The first-order chi connectivity index (χ1) is 16.0. The second kappa shape index (κ2) is 9.28. The summed E-state index contributed by atoms with van der Waals surface area (Å²) in [6, 6.07) is 6.69. The lowest BCUT2D eigenvalue weighted by molar-refractivity contribution is -0.162. The molecule has 2 aromatic rings. The Bertz CT molecular complexity index is 1170. The second-order valence-corrected chi connectivity index (χ2v) is 10.2. The van der Waals surface area contributed by atoms with Crippen LogP contribution < -0.4 is 9.64 Å². The SMILES string of the molecule is CS(=O)(=O)c1ccc2c(c1)CCN2c1cc(OC2CCN(C(=O)OCC(F)(F)F)CC2)ncn1. The number of benzene rings is 1. The standard InChI is InChI=1S/C21H23F3N4O5S/c1-34(30,31)16-2-3-17-14(10-16)4-9-28(17)18-11-19(26-13-25-18)33-15-5-7-27(8-6-15)20(29)32-12-21(22,23)24/h2-3,10-11,13,15H,4-9,12H2,1H3. The van der Waals surface area contributed by atoms with Crippen molar-refractivity contribution in [2.75, 3.05) is 37.4 Å². The van der Waals surface area contributed by atoms with Crippen molar-refractivity contribution in [2.45, 2.75) is 36.4 Å². The Morgan fingerprint density at radius 3 is 2.56 bits per heavy atom. The normalized spacial score (nSPS) is 16.9. The highest BCUT2D eigenvalue weighted by Crippen LogP contribution is 2.35. The summed E-state index contributed by atoms with van der Waals surface area (Å²) in [6.45, 7) is -0.568. The van der Waals surface area contributed by atoms with E-state index in [9.17, 15) is 26.4 Å². The molecule has 1 amide bonds. The number of fused-ring (bicyclic) bond motifs is 1. The molecule has 0 radical (unpaired) electrons. The predicted octanol–water partition coefficient (Wildman–Crippen LogP) is 3.12. The van der Waals surface area contributed by atoms with E-state index in [4.69, 9.17) is 4.74 Å². The summed E-state index contributed by atoms with van der Waals surface area (Å²) in [7, 11) is -3.30. The van der Waals surface area contributed by atoms with Gasteiger partial charge >= 0.3 is 12.3 Å². The van der Waals surface area contributed by atoms with Crippen LogP contribution in [0, 0.1) is 0 Å². The maximum absolute atomic E-state index is 12.2. The van der Waals surface area contributed by atoms with E-state index in [1.807, 2.05) is 4.90 Å². The van der Waals surface area contributed by atoms with Crippen LogP contribution in [0.3, 0.4) is 0 Å². The van der Waals surface area contributed by atoms with E-state index in [0.717, 1.165) is 11.3 Å². The molecule has 184 valence electrons. The maximum atomic E-state index is 12.2. The number of hydrogen-bond acceptors (Lipinski definition) is 8. The van der Waals surface area contributed by atoms with Crippen LogP contribution in [0.25, 0.3) is 0 Å². The van der Waals surface area contributed by atoms with Gasteiger partial charge in [0.15, 0.2) is 16.4 Å². The molecule has 4 rings (SSSR count). The van der Waals surface area contributed by atoms with Gasteiger partial charge in [-0.1, -0.05) is 0 Å². The number of likely N-dealkylation sites (tertiary alicyclic amines) is 1. The fraction of sp³-hybridized carbons (Fsp3) is 0.476. The zero-order valence-corrected chi connectivity index (χ0v) is 19.1.